The molecule has 0 radical (unpaired) electrons. The Hall–Kier alpha value is -3.05. The second-order valence-corrected chi connectivity index (χ2v) is 29.4. The number of methoxy groups -OCH3 is 2. The molecule has 2 rings (SSSR count). The number of hydrogen-bond acceptors (Lipinski definition) is 20. The first kappa shape index (κ1) is 96.0. The van der Waals surface area contributed by atoms with Gasteiger partial charge >= 0.3 is 20.1 Å². The molecule has 0 aliphatic carbocycles. The first-order chi connectivity index (χ1) is 50.4. The minimum Gasteiger partial charge on any atom is -0.431 e. The van der Waals surface area contributed by atoms with Crippen molar-refractivity contribution in [2.24, 2.45) is 0 Å². The smallest absolute Gasteiger partial charge is 0.431 e. The summed E-state index contributed by atoms with van der Waals surface area (Å²) in [7, 11) is -1.19. The number of unbranched alkanes of at least 4 members (excludes halogenated alkanes) is 33. The van der Waals surface area contributed by atoms with Crippen LogP contribution in [0.3, 0.4) is 0 Å². The van der Waals surface area contributed by atoms with Crippen molar-refractivity contribution in [1.29, 1.82) is 0 Å². The minimum atomic E-state index is -4.42. The SMILES string of the molecule is C=CCOC(=O)O[C@H](CCCCCCCCCCC)CCO[C@@H]1[C@@H](OCCCCCCCCCCCC)[C@H](OC(=O)OCC=C)[C@@H](CO[C@H]2O[C@H](COC)[C@@H](OP(=O)(OCC=C)OCC=C)[C@H](OCC[C@@H](CCCCCCC)OC)[C@H]2OCCCCCCCCCCC=CCCCCCC)O[C@@H]1O. The fraction of sp³-hybridized carbons (Fsp3) is 0.854. The Labute approximate surface area is 625 Å². The van der Waals surface area contributed by atoms with Crippen molar-refractivity contribution in [3.8, 4) is 0 Å². The van der Waals surface area contributed by atoms with Gasteiger partial charge in [0.2, 0.25) is 0 Å². The highest BCUT2D eigenvalue weighted by Gasteiger charge is 2.54. The molecular formula is C82H149O20P. The van der Waals surface area contributed by atoms with E-state index >= 15 is 0 Å². The van der Waals surface area contributed by atoms with E-state index < -0.39 is 87.6 Å². The Balaban J connectivity index is 2.67. The van der Waals surface area contributed by atoms with Crippen LogP contribution in [0, 0.1) is 0 Å². The first-order valence-corrected chi connectivity index (χ1v) is 42.3. The van der Waals surface area contributed by atoms with E-state index in [9.17, 15) is 19.3 Å². The van der Waals surface area contributed by atoms with Crippen molar-refractivity contribution in [3.05, 3.63) is 62.8 Å². The molecule has 0 aromatic carbocycles. The number of carbonyl (C=O) groups excluding carboxylic acids is 2. The number of ether oxygens (including phenoxy) is 13. The van der Waals surface area contributed by atoms with Crippen LogP contribution >= 0.6 is 7.82 Å². The van der Waals surface area contributed by atoms with Gasteiger partial charge in [0.25, 0.3) is 0 Å². The van der Waals surface area contributed by atoms with Gasteiger partial charge in [-0.15, -0.1) is 13.2 Å². The van der Waals surface area contributed by atoms with Crippen LogP contribution in [-0.4, -0.2) is 171 Å². The van der Waals surface area contributed by atoms with Crippen molar-refractivity contribution in [2.45, 2.75) is 371 Å². The van der Waals surface area contributed by atoms with E-state index in [0.717, 1.165) is 116 Å². The number of aliphatic hydroxyl groups excluding tert-OH is 1. The summed E-state index contributed by atoms with van der Waals surface area (Å²) in [5.74, 6) is 0. The molecule has 0 aromatic heterocycles. The van der Waals surface area contributed by atoms with Crippen LogP contribution in [0.1, 0.15) is 297 Å². The zero-order valence-corrected chi connectivity index (χ0v) is 66.5. The topological polar surface area (TPSA) is 219 Å². The molecule has 20 nitrogen and oxygen atoms in total. The molecule has 0 unspecified atom stereocenters. The molecule has 103 heavy (non-hydrogen) atoms. The number of phosphoric ester groups is 1. The molecule has 2 aliphatic heterocycles. The number of phosphoric acid groups is 1. The maximum absolute atomic E-state index is 14.8. The lowest BCUT2D eigenvalue weighted by molar-refractivity contribution is -0.338. The van der Waals surface area contributed by atoms with Crippen molar-refractivity contribution >= 4 is 20.1 Å². The molecule has 2 saturated heterocycles. The lowest BCUT2D eigenvalue weighted by atomic mass is 9.97. The van der Waals surface area contributed by atoms with Crippen LogP contribution in [0.15, 0.2) is 62.8 Å². The molecule has 0 amide bonds. The average molecular weight is 1490 g/mol. The van der Waals surface area contributed by atoms with E-state index in [-0.39, 0.29) is 78.6 Å². The van der Waals surface area contributed by atoms with Gasteiger partial charge in [-0.1, -0.05) is 276 Å². The molecule has 0 aromatic rings. The summed E-state index contributed by atoms with van der Waals surface area (Å²) in [6.45, 7) is 23.6. The molecule has 2 heterocycles. The van der Waals surface area contributed by atoms with Gasteiger partial charge in [-0.2, -0.15) is 0 Å². The Bertz CT molecular complexity index is 2090. The van der Waals surface area contributed by atoms with Gasteiger partial charge in [-0.05, 0) is 64.2 Å². The highest BCUT2D eigenvalue weighted by atomic mass is 31.2. The molecule has 2 fully saturated rings. The van der Waals surface area contributed by atoms with E-state index in [1.807, 2.05) is 0 Å². The standard InChI is InChI=1S/C82H149O20P/c1-11-19-23-27-30-33-35-36-37-38-39-40-43-46-50-54-64-90-78-76(91-65-57-69(88-10)55-51-47-26-22-14-4)74(102-103(86,96-61-17-7)97-62-18-8)71(67-87-9)100-80(78)95-68-72-73(101-82(85)94-60-16-6)75(89-63-53-49-45-42-34-31-28-24-20-12-2)77(79(83)99-72)92-66-58-70(98-81(84)93-59-15-5)56-52-48-44-41-32-29-25-21-13-3/h15-18,33,35,69-80,83H,5-8,11-14,19-32,34,36-68H2,1-4,9-10H3/t69-,70-,71-,72-,73-,74-,75+,76+,77-,78-,79+,80+/m1/s1. The molecule has 0 spiro atoms. The van der Waals surface area contributed by atoms with Gasteiger partial charge in [-0.25, -0.2) is 14.2 Å². The van der Waals surface area contributed by atoms with Crippen LogP contribution in [-0.2, 0) is 79.7 Å². The highest BCUT2D eigenvalue weighted by molar-refractivity contribution is 7.48. The molecule has 0 bridgehead atoms. The van der Waals surface area contributed by atoms with Crippen LogP contribution < -0.4 is 0 Å². The number of hydrogen-bond donors (Lipinski definition) is 1. The molecule has 1 N–H and O–H groups in total. The monoisotopic (exact) mass is 1490 g/mol. The van der Waals surface area contributed by atoms with Crippen LogP contribution in [0.5, 0.6) is 0 Å². The summed E-state index contributed by atoms with van der Waals surface area (Å²) in [5.41, 5.74) is 0. The number of allylic oxidation sites excluding steroid dienone is 2. The van der Waals surface area contributed by atoms with E-state index in [0.29, 0.717) is 25.7 Å². The third kappa shape index (κ3) is 47.5. The summed E-state index contributed by atoms with van der Waals surface area (Å²) >= 11 is 0. The highest BCUT2D eigenvalue weighted by Crippen LogP contribution is 2.53. The summed E-state index contributed by atoms with van der Waals surface area (Å²) in [6, 6.07) is 0. The van der Waals surface area contributed by atoms with E-state index in [2.05, 4.69) is 66.2 Å². The van der Waals surface area contributed by atoms with Gasteiger partial charge in [0.05, 0.1) is 39.1 Å². The average Bonchev–Trinajstić information content (AvgIpc) is 0.781. The minimum absolute atomic E-state index is 0.000956. The summed E-state index contributed by atoms with van der Waals surface area (Å²) < 4.78 is 115. The molecule has 602 valence electrons. The Morgan fingerprint density at radius 1 is 0.417 bits per heavy atom. The molecule has 12 atom stereocenters. The van der Waals surface area contributed by atoms with E-state index in [1.54, 1.807) is 7.11 Å². The predicted molar refractivity (Wildman–Crippen MR) is 410 cm³/mol. The van der Waals surface area contributed by atoms with Crippen LogP contribution in [0.4, 0.5) is 9.59 Å². The zero-order chi connectivity index (χ0) is 74.9. The first-order valence-electron chi connectivity index (χ1n) is 40.8. The van der Waals surface area contributed by atoms with Gasteiger partial charge in [0.15, 0.2) is 18.7 Å². The quantitative estimate of drug-likeness (QED) is 0.0259. The van der Waals surface area contributed by atoms with Crippen LogP contribution in [0.25, 0.3) is 0 Å². The zero-order valence-electron chi connectivity index (χ0n) is 65.6. The lowest BCUT2D eigenvalue weighted by Crippen LogP contribution is -2.64. The van der Waals surface area contributed by atoms with Crippen LogP contribution in [0.2, 0.25) is 0 Å². The molecule has 2 aliphatic rings. The van der Waals surface area contributed by atoms with E-state index in [4.69, 9.17) is 75.2 Å². The lowest BCUT2D eigenvalue weighted by Gasteiger charge is -2.47. The summed E-state index contributed by atoms with van der Waals surface area (Å²) in [6.07, 6.45) is 40.7. The second-order valence-electron chi connectivity index (χ2n) is 27.8. The van der Waals surface area contributed by atoms with Crippen molar-refractivity contribution in [2.75, 3.05) is 80.3 Å². The summed E-state index contributed by atoms with van der Waals surface area (Å²) in [4.78, 5) is 26.8. The molecule has 21 heteroatoms. The fourth-order valence-corrected chi connectivity index (χ4v) is 14.3. The Kier molecular flexibility index (Phi) is 62.6. The van der Waals surface area contributed by atoms with Crippen molar-refractivity contribution in [3.63, 3.8) is 0 Å². The van der Waals surface area contributed by atoms with E-state index in [1.165, 1.54) is 153 Å². The van der Waals surface area contributed by atoms with Gasteiger partial charge in [-0.3, -0.25) is 13.6 Å². The maximum Gasteiger partial charge on any atom is 0.509 e. The van der Waals surface area contributed by atoms with Crippen molar-refractivity contribution < 1.29 is 94.4 Å². The Morgan fingerprint density at radius 2 is 0.816 bits per heavy atom. The summed E-state index contributed by atoms with van der Waals surface area (Å²) in [5, 5.41) is 12.3. The number of aliphatic hydroxyl groups is 1. The Morgan fingerprint density at radius 3 is 1.30 bits per heavy atom. The second kappa shape index (κ2) is 67.1. The van der Waals surface area contributed by atoms with Gasteiger partial charge < -0.3 is 66.7 Å². The normalized spacial score (nSPS) is 21.3. The maximum atomic E-state index is 14.8. The fourth-order valence-electron chi connectivity index (χ4n) is 13.0. The third-order valence-electron chi connectivity index (χ3n) is 18.9. The van der Waals surface area contributed by atoms with Gasteiger partial charge in [0, 0.05) is 40.5 Å². The number of carbonyl (C=O) groups is 2. The largest absolute Gasteiger partial charge is 0.509 e. The van der Waals surface area contributed by atoms with Crippen molar-refractivity contribution in [1.82, 2.24) is 0 Å². The molecular weight excluding hydrogens is 1340 g/mol. The molecule has 0 saturated carbocycles. The predicted octanol–water partition coefficient (Wildman–Crippen LogP) is 21.0. The third-order valence-corrected chi connectivity index (χ3v) is 20.3. The number of rotatable bonds is 73. The van der Waals surface area contributed by atoms with Gasteiger partial charge in [0.1, 0.15) is 62.0 Å².